The molecule has 0 radical (unpaired) electrons. The molecule has 2 aromatic carbocycles. The van der Waals surface area contributed by atoms with E-state index in [1.54, 1.807) is 27.4 Å². The summed E-state index contributed by atoms with van der Waals surface area (Å²) < 4.78 is 35.4. The van der Waals surface area contributed by atoms with Gasteiger partial charge in [-0.3, -0.25) is 4.79 Å². The number of nitrogens with zero attached hydrogens (tertiary/aromatic N) is 3. The summed E-state index contributed by atoms with van der Waals surface area (Å²) in [7, 11) is -3.56. The Hall–Kier alpha value is -3.57. The lowest BCUT2D eigenvalue weighted by atomic mass is 10.1. The number of nitrogens with one attached hydrogen (secondary N) is 2. The normalized spacial score (nSPS) is 17.4. The van der Waals surface area contributed by atoms with Gasteiger partial charge in [-0.05, 0) is 95.8 Å². The number of piperidine rings is 1. The minimum Gasteiger partial charge on any atom is -0.444 e. The van der Waals surface area contributed by atoms with Gasteiger partial charge in [-0.2, -0.15) is 4.31 Å². The number of benzene rings is 2. The number of carbonyl (C=O) groups is 2. The molecule has 1 unspecified atom stereocenters. The van der Waals surface area contributed by atoms with E-state index in [4.69, 9.17) is 4.74 Å². The van der Waals surface area contributed by atoms with Gasteiger partial charge in [0.25, 0.3) is 0 Å². The number of hydrogen-bond acceptors (Lipinski definition) is 6. The lowest BCUT2D eigenvalue weighted by molar-refractivity contribution is -0.118. The first-order valence-corrected chi connectivity index (χ1v) is 16.4. The van der Waals surface area contributed by atoms with Crippen molar-refractivity contribution in [3.63, 3.8) is 0 Å². The van der Waals surface area contributed by atoms with Crippen molar-refractivity contribution in [1.29, 1.82) is 0 Å². The largest absolute Gasteiger partial charge is 0.444 e. The van der Waals surface area contributed by atoms with Gasteiger partial charge >= 0.3 is 6.09 Å². The predicted octanol–water partition coefficient (Wildman–Crippen LogP) is 5.66. The maximum Gasteiger partial charge on any atom is 0.410 e. The number of hydrogen-bond donors (Lipinski definition) is 2. The van der Waals surface area contributed by atoms with Crippen molar-refractivity contribution in [2.24, 2.45) is 0 Å². The van der Waals surface area contributed by atoms with Gasteiger partial charge in [-0.1, -0.05) is 12.5 Å². The zero-order valence-corrected chi connectivity index (χ0v) is 26.8. The maximum atomic E-state index is 13.5. The molecule has 5 rings (SSSR count). The Labute approximate surface area is 254 Å². The van der Waals surface area contributed by atoms with Crippen LogP contribution in [0.25, 0.3) is 10.9 Å². The summed E-state index contributed by atoms with van der Waals surface area (Å²) in [6.07, 6.45) is 4.42. The molecular formula is C32H43N5O5S. The van der Waals surface area contributed by atoms with E-state index in [1.165, 1.54) is 0 Å². The number of aromatic nitrogens is 1. The first-order chi connectivity index (χ1) is 20.2. The van der Waals surface area contributed by atoms with Crippen LogP contribution < -0.4 is 10.6 Å². The Kier molecular flexibility index (Phi) is 8.50. The predicted molar refractivity (Wildman–Crippen MR) is 169 cm³/mol. The molecule has 2 N–H and O–H groups in total. The van der Waals surface area contributed by atoms with Crippen molar-refractivity contribution in [1.82, 2.24) is 13.8 Å². The molecule has 0 bridgehead atoms. The van der Waals surface area contributed by atoms with Crippen molar-refractivity contribution in [2.45, 2.75) is 83.4 Å². The Morgan fingerprint density at radius 2 is 1.67 bits per heavy atom. The quantitative estimate of drug-likeness (QED) is 0.357. The number of amides is 2. The zero-order valence-electron chi connectivity index (χ0n) is 25.9. The fraction of sp³-hybridized carbons (Fsp3) is 0.500. The highest BCUT2D eigenvalue weighted by atomic mass is 32.2. The second kappa shape index (κ2) is 11.8. The van der Waals surface area contributed by atoms with E-state index in [9.17, 15) is 18.0 Å². The highest BCUT2D eigenvalue weighted by Crippen LogP contribution is 2.30. The number of ether oxygens (including phenoxy) is 1. The summed E-state index contributed by atoms with van der Waals surface area (Å²) in [5.41, 5.74) is 3.67. The van der Waals surface area contributed by atoms with Crippen LogP contribution in [0.5, 0.6) is 0 Å². The second-order valence-corrected chi connectivity index (χ2v) is 14.7. The molecule has 2 amide bonds. The van der Waals surface area contributed by atoms with Gasteiger partial charge in [0, 0.05) is 54.7 Å². The lowest BCUT2D eigenvalue weighted by Gasteiger charge is -2.40. The molecule has 1 atom stereocenters. The molecule has 11 heteroatoms. The number of rotatable bonds is 7. The number of fused-ring (bicyclic) bond motifs is 1. The summed E-state index contributed by atoms with van der Waals surface area (Å²) in [4.78, 5) is 27.7. The molecule has 3 aromatic rings. The fourth-order valence-corrected chi connectivity index (χ4v) is 7.17. The highest BCUT2D eigenvalue weighted by Gasteiger charge is 2.34. The fourth-order valence-electron chi connectivity index (χ4n) is 5.63. The van der Waals surface area contributed by atoms with Crippen molar-refractivity contribution in [3.05, 3.63) is 53.7 Å². The molecule has 2 aliphatic heterocycles. The van der Waals surface area contributed by atoms with Crippen LogP contribution in [-0.2, 0) is 19.6 Å². The SMILES string of the molecule is Cc1ccc(NC2CN(C(=O)OC(C)(C)C)C2)cc1NC(=O)C(C)n1cc(C)c2cc(S(=O)(=O)N3CCCCC3)ccc21. The first-order valence-electron chi connectivity index (χ1n) is 15.0. The molecule has 2 saturated heterocycles. The average Bonchev–Trinajstić information content (AvgIpc) is 3.26. The minimum absolute atomic E-state index is 0.0931. The average molecular weight is 610 g/mol. The third-order valence-corrected chi connectivity index (χ3v) is 10.0. The monoisotopic (exact) mass is 609 g/mol. The van der Waals surface area contributed by atoms with Crippen molar-refractivity contribution >= 4 is 44.3 Å². The molecule has 3 heterocycles. The van der Waals surface area contributed by atoms with Gasteiger partial charge in [-0.25, -0.2) is 13.2 Å². The third kappa shape index (κ3) is 6.67. The minimum atomic E-state index is -3.56. The summed E-state index contributed by atoms with van der Waals surface area (Å²) >= 11 is 0. The lowest BCUT2D eigenvalue weighted by Crippen LogP contribution is -2.57. The topological polar surface area (TPSA) is 113 Å². The molecule has 232 valence electrons. The van der Waals surface area contributed by atoms with Crippen LogP contribution in [0, 0.1) is 13.8 Å². The Balaban J connectivity index is 1.26. The van der Waals surface area contributed by atoms with Crippen LogP contribution in [0.4, 0.5) is 16.2 Å². The summed E-state index contributed by atoms with van der Waals surface area (Å²) in [6, 6.07) is 10.6. The maximum absolute atomic E-state index is 13.5. The molecule has 2 fully saturated rings. The Morgan fingerprint density at radius 1 is 0.977 bits per heavy atom. The van der Waals surface area contributed by atoms with Gasteiger partial charge in [0.15, 0.2) is 0 Å². The Morgan fingerprint density at radius 3 is 2.35 bits per heavy atom. The van der Waals surface area contributed by atoms with Crippen molar-refractivity contribution in [2.75, 3.05) is 36.8 Å². The van der Waals surface area contributed by atoms with Crippen molar-refractivity contribution < 1.29 is 22.7 Å². The molecule has 0 spiro atoms. The molecule has 43 heavy (non-hydrogen) atoms. The van der Waals surface area contributed by atoms with E-state index < -0.39 is 21.7 Å². The molecule has 0 saturated carbocycles. The molecule has 1 aromatic heterocycles. The van der Waals surface area contributed by atoms with E-state index in [0.29, 0.717) is 36.8 Å². The molecule has 10 nitrogen and oxygen atoms in total. The summed E-state index contributed by atoms with van der Waals surface area (Å²) in [5, 5.41) is 7.33. The molecular weight excluding hydrogens is 566 g/mol. The zero-order chi connectivity index (χ0) is 31.1. The number of anilines is 2. The van der Waals surface area contributed by atoms with Gasteiger partial charge in [0.1, 0.15) is 11.6 Å². The number of carbonyl (C=O) groups excluding carboxylic acids is 2. The Bertz CT molecular complexity index is 1630. The standard InChI is InChI=1S/C32H43N5O5S/c1-21-10-11-24(33-25-19-35(20-25)31(39)42-32(4,5)6)16-28(21)34-30(38)23(3)37-18-22(2)27-17-26(12-13-29(27)37)43(40,41)36-14-8-7-9-15-36/h10-13,16-18,23,25,33H,7-9,14-15,19-20H2,1-6H3,(H,34,38). The van der Waals surface area contributed by atoms with Crippen LogP contribution in [0.3, 0.4) is 0 Å². The van der Waals surface area contributed by atoms with E-state index in [2.05, 4.69) is 10.6 Å². The van der Waals surface area contributed by atoms with E-state index >= 15 is 0 Å². The summed E-state index contributed by atoms with van der Waals surface area (Å²) in [6.45, 7) is 13.5. The van der Waals surface area contributed by atoms with Crippen molar-refractivity contribution in [3.8, 4) is 0 Å². The van der Waals surface area contributed by atoms with E-state index in [0.717, 1.165) is 47.0 Å². The van der Waals surface area contributed by atoms with Crippen LogP contribution in [0.1, 0.15) is 64.1 Å². The summed E-state index contributed by atoms with van der Waals surface area (Å²) in [5.74, 6) is -0.179. The van der Waals surface area contributed by atoms with E-state index in [1.807, 2.05) is 70.5 Å². The third-order valence-electron chi connectivity index (χ3n) is 8.15. The first kappa shape index (κ1) is 30.9. The molecule has 0 aliphatic carbocycles. The number of sulfonamides is 1. The van der Waals surface area contributed by atoms with Gasteiger partial charge < -0.3 is 24.8 Å². The van der Waals surface area contributed by atoms with Crippen LogP contribution in [-0.4, -0.2) is 72.0 Å². The highest BCUT2D eigenvalue weighted by molar-refractivity contribution is 7.89. The van der Waals surface area contributed by atoms with Crippen LogP contribution in [0.2, 0.25) is 0 Å². The number of likely N-dealkylation sites (tertiary alicyclic amines) is 1. The van der Waals surface area contributed by atoms with Gasteiger partial charge in [-0.15, -0.1) is 0 Å². The van der Waals surface area contributed by atoms with Gasteiger partial charge in [0.2, 0.25) is 15.9 Å². The molecule has 2 aliphatic rings. The van der Waals surface area contributed by atoms with Crippen LogP contribution in [0.15, 0.2) is 47.5 Å². The van der Waals surface area contributed by atoms with E-state index in [-0.39, 0.29) is 18.0 Å². The smallest absolute Gasteiger partial charge is 0.410 e. The number of aryl methyl sites for hydroxylation is 2. The second-order valence-electron chi connectivity index (χ2n) is 12.8. The van der Waals surface area contributed by atoms with Gasteiger partial charge in [0.05, 0.1) is 10.9 Å². The van der Waals surface area contributed by atoms with Crippen LogP contribution >= 0.6 is 0 Å².